The molecule has 4 heteroatoms. The third-order valence-corrected chi connectivity index (χ3v) is 4.65. The van der Waals surface area contributed by atoms with E-state index in [4.69, 9.17) is 0 Å². The van der Waals surface area contributed by atoms with Crippen LogP contribution in [0.5, 0.6) is 0 Å². The van der Waals surface area contributed by atoms with Gasteiger partial charge in [-0.3, -0.25) is 9.59 Å². The smallest absolute Gasteiger partial charge is 0.228 e. The summed E-state index contributed by atoms with van der Waals surface area (Å²) in [7, 11) is 3.54. The predicted molar refractivity (Wildman–Crippen MR) is 76.6 cm³/mol. The minimum Gasteiger partial charge on any atom is -0.348 e. The Labute approximate surface area is 117 Å². The third-order valence-electron chi connectivity index (χ3n) is 4.65. The molecule has 1 aliphatic heterocycles. The van der Waals surface area contributed by atoms with Gasteiger partial charge in [-0.15, -0.1) is 0 Å². The van der Waals surface area contributed by atoms with Crippen molar-refractivity contribution in [1.82, 2.24) is 9.80 Å². The van der Waals surface area contributed by atoms with E-state index >= 15 is 0 Å². The van der Waals surface area contributed by atoms with Crippen molar-refractivity contribution in [3.8, 4) is 0 Å². The molecule has 1 aliphatic rings. The molecule has 4 nitrogen and oxygen atoms in total. The molecule has 1 fully saturated rings. The van der Waals surface area contributed by atoms with Gasteiger partial charge >= 0.3 is 0 Å². The number of hydrogen-bond donors (Lipinski definition) is 0. The monoisotopic (exact) mass is 268 g/mol. The minimum absolute atomic E-state index is 0.0236. The predicted octanol–water partition coefficient (Wildman–Crippen LogP) is 2.00. The first kappa shape index (κ1) is 16.0. The van der Waals surface area contributed by atoms with Crippen molar-refractivity contribution >= 4 is 11.8 Å². The van der Waals surface area contributed by atoms with Crippen LogP contribution in [0.15, 0.2) is 0 Å². The van der Waals surface area contributed by atoms with Crippen LogP contribution >= 0.6 is 0 Å². The summed E-state index contributed by atoms with van der Waals surface area (Å²) in [5.41, 5.74) is -0.516. The summed E-state index contributed by atoms with van der Waals surface area (Å²) in [6.07, 6.45) is 2.21. The summed E-state index contributed by atoms with van der Waals surface area (Å²) in [6.45, 7) is 9.59. The molecule has 1 rings (SSSR count). The number of hydrogen-bond acceptors (Lipinski definition) is 2. The highest BCUT2D eigenvalue weighted by Crippen LogP contribution is 2.35. The van der Waals surface area contributed by atoms with Gasteiger partial charge < -0.3 is 9.80 Å². The highest BCUT2D eigenvalue weighted by molar-refractivity contribution is 5.84. The second-order valence-electron chi connectivity index (χ2n) is 6.53. The van der Waals surface area contributed by atoms with Gasteiger partial charge in [-0.25, -0.2) is 0 Å². The summed E-state index contributed by atoms with van der Waals surface area (Å²) >= 11 is 0. The fraction of sp³-hybridized carbons (Fsp3) is 0.867. The fourth-order valence-electron chi connectivity index (χ4n) is 2.84. The quantitative estimate of drug-likeness (QED) is 0.782. The SMILES string of the molecule is CC(C(=O)N1CCCC1)C(C)C(C)(C)C(=O)N(C)C. The first-order chi connectivity index (χ1) is 8.69. The van der Waals surface area contributed by atoms with Crippen LogP contribution in [0, 0.1) is 17.3 Å². The van der Waals surface area contributed by atoms with Crippen molar-refractivity contribution in [3.63, 3.8) is 0 Å². The average Bonchev–Trinajstić information content (AvgIpc) is 2.88. The van der Waals surface area contributed by atoms with Crippen LogP contribution in [-0.4, -0.2) is 48.8 Å². The molecule has 1 saturated heterocycles. The Balaban J connectivity index is 2.77. The molecule has 0 aromatic rings. The largest absolute Gasteiger partial charge is 0.348 e. The normalized spacial score (nSPS) is 19.2. The Morgan fingerprint density at radius 2 is 1.58 bits per heavy atom. The van der Waals surface area contributed by atoms with Crippen LogP contribution in [-0.2, 0) is 9.59 Å². The van der Waals surface area contributed by atoms with E-state index in [-0.39, 0.29) is 23.7 Å². The Morgan fingerprint density at radius 1 is 1.11 bits per heavy atom. The molecule has 0 bridgehead atoms. The Morgan fingerprint density at radius 3 is 2.00 bits per heavy atom. The number of carbonyl (C=O) groups excluding carboxylic acids is 2. The van der Waals surface area contributed by atoms with E-state index in [0.29, 0.717) is 0 Å². The van der Waals surface area contributed by atoms with Gasteiger partial charge in [-0.2, -0.15) is 0 Å². The highest BCUT2D eigenvalue weighted by Gasteiger charge is 2.41. The van der Waals surface area contributed by atoms with E-state index in [0.717, 1.165) is 25.9 Å². The standard InChI is InChI=1S/C15H28N2O2/c1-11(13(18)17-9-7-8-10-17)12(2)15(3,4)14(19)16(5)6/h11-12H,7-10H2,1-6H3. The molecule has 1 heterocycles. The van der Waals surface area contributed by atoms with Crippen LogP contribution in [0.3, 0.4) is 0 Å². The molecular formula is C15H28N2O2. The van der Waals surface area contributed by atoms with Gasteiger partial charge in [0, 0.05) is 38.5 Å². The second kappa shape index (κ2) is 5.93. The van der Waals surface area contributed by atoms with Gasteiger partial charge in [0.25, 0.3) is 0 Å². The van der Waals surface area contributed by atoms with Gasteiger partial charge in [0.05, 0.1) is 0 Å². The summed E-state index contributed by atoms with van der Waals surface area (Å²) in [5, 5.41) is 0. The van der Waals surface area contributed by atoms with Gasteiger partial charge in [-0.05, 0) is 18.8 Å². The average molecular weight is 268 g/mol. The zero-order valence-electron chi connectivity index (χ0n) is 13.2. The lowest BCUT2D eigenvalue weighted by Gasteiger charge is -2.37. The maximum atomic E-state index is 12.4. The zero-order chi connectivity index (χ0) is 14.8. The second-order valence-corrected chi connectivity index (χ2v) is 6.53. The number of rotatable bonds is 4. The first-order valence-corrected chi connectivity index (χ1v) is 7.20. The summed E-state index contributed by atoms with van der Waals surface area (Å²) < 4.78 is 0. The van der Waals surface area contributed by atoms with E-state index < -0.39 is 5.41 Å². The van der Waals surface area contributed by atoms with Crippen molar-refractivity contribution in [1.29, 1.82) is 0 Å². The van der Waals surface area contributed by atoms with Crippen LogP contribution < -0.4 is 0 Å². The molecule has 19 heavy (non-hydrogen) atoms. The molecule has 0 N–H and O–H groups in total. The Hall–Kier alpha value is -1.06. The van der Waals surface area contributed by atoms with Gasteiger partial charge in [0.1, 0.15) is 0 Å². The molecule has 2 amide bonds. The van der Waals surface area contributed by atoms with E-state index in [1.165, 1.54) is 0 Å². The van der Waals surface area contributed by atoms with Crippen LogP contribution in [0.4, 0.5) is 0 Å². The Bertz CT molecular complexity index is 344. The van der Waals surface area contributed by atoms with Crippen molar-refractivity contribution in [2.45, 2.75) is 40.5 Å². The first-order valence-electron chi connectivity index (χ1n) is 7.20. The van der Waals surface area contributed by atoms with E-state index in [9.17, 15) is 9.59 Å². The van der Waals surface area contributed by atoms with Crippen molar-refractivity contribution in [3.05, 3.63) is 0 Å². The number of likely N-dealkylation sites (tertiary alicyclic amines) is 1. The number of carbonyl (C=O) groups is 2. The van der Waals surface area contributed by atoms with Crippen LogP contribution in [0.25, 0.3) is 0 Å². The molecule has 0 saturated carbocycles. The van der Waals surface area contributed by atoms with E-state index in [1.807, 2.05) is 32.6 Å². The summed E-state index contributed by atoms with van der Waals surface area (Å²) in [6, 6.07) is 0. The van der Waals surface area contributed by atoms with Gasteiger partial charge in [0.2, 0.25) is 11.8 Å². The molecule has 0 aliphatic carbocycles. The lowest BCUT2D eigenvalue weighted by atomic mass is 9.72. The summed E-state index contributed by atoms with van der Waals surface area (Å²) in [5.74, 6) is 0.193. The highest BCUT2D eigenvalue weighted by atomic mass is 16.2. The fourth-order valence-corrected chi connectivity index (χ4v) is 2.84. The lowest BCUT2D eigenvalue weighted by molar-refractivity contribution is -0.145. The molecule has 0 aromatic heterocycles. The van der Waals surface area contributed by atoms with Crippen LogP contribution in [0.1, 0.15) is 40.5 Å². The zero-order valence-corrected chi connectivity index (χ0v) is 13.2. The molecule has 0 aromatic carbocycles. The van der Waals surface area contributed by atoms with Gasteiger partial charge in [0.15, 0.2) is 0 Å². The maximum absolute atomic E-state index is 12.4. The van der Waals surface area contributed by atoms with Crippen LogP contribution in [0.2, 0.25) is 0 Å². The topological polar surface area (TPSA) is 40.6 Å². The lowest BCUT2D eigenvalue weighted by Crippen LogP contribution is -2.46. The molecule has 110 valence electrons. The van der Waals surface area contributed by atoms with E-state index in [2.05, 4.69) is 0 Å². The van der Waals surface area contributed by atoms with Crippen molar-refractivity contribution in [2.24, 2.45) is 17.3 Å². The maximum Gasteiger partial charge on any atom is 0.228 e. The molecular weight excluding hydrogens is 240 g/mol. The molecule has 2 unspecified atom stereocenters. The Kier molecular flexibility index (Phi) is 4.99. The van der Waals surface area contributed by atoms with E-state index in [1.54, 1.807) is 19.0 Å². The summed E-state index contributed by atoms with van der Waals surface area (Å²) in [4.78, 5) is 28.2. The van der Waals surface area contributed by atoms with Crippen molar-refractivity contribution in [2.75, 3.05) is 27.2 Å². The number of amides is 2. The molecule has 0 spiro atoms. The minimum atomic E-state index is -0.516. The third kappa shape index (κ3) is 3.28. The van der Waals surface area contributed by atoms with Gasteiger partial charge in [-0.1, -0.05) is 27.7 Å². The van der Waals surface area contributed by atoms with Crippen molar-refractivity contribution < 1.29 is 9.59 Å². The molecule has 0 radical (unpaired) electrons. The number of nitrogens with zero attached hydrogens (tertiary/aromatic N) is 2. The molecule has 2 atom stereocenters.